The number of furan rings is 1. The van der Waals surface area contributed by atoms with Crippen LogP contribution in [0.15, 0.2) is 136 Å². The molecule has 0 bridgehead atoms. The van der Waals surface area contributed by atoms with E-state index in [2.05, 4.69) is 130 Å². The number of halogens is 2. The molecule has 7 aromatic rings. The number of benzene rings is 6. The van der Waals surface area contributed by atoms with E-state index in [0.29, 0.717) is 5.02 Å². The topological polar surface area (TPSA) is 16.4 Å². The molecule has 0 atom stereocenters. The van der Waals surface area contributed by atoms with Gasteiger partial charge >= 0.3 is 0 Å². The molecule has 1 aliphatic carbocycles. The first-order chi connectivity index (χ1) is 20.2. The predicted octanol–water partition coefficient (Wildman–Crippen LogP) is 11.1. The van der Waals surface area contributed by atoms with Crippen molar-refractivity contribution in [1.82, 2.24) is 0 Å². The van der Waals surface area contributed by atoms with Crippen LogP contribution in [-0.2, 0) is 5.41 Å². The minimum Gasteiger partial charge on any atom is -0.456 e. The summed E-state index contributed by atoms with van der Waals surface area (Å²) in [6, 6.07) is 45.4. The second-order valence-corrected chi connectivity index (χ2v) is 12.1. The van der Waals surface area contributed by atoms with Crippen LogP contribution in [0.1, 0.15) is 22.3 Å². The minimum atomic E-state index is -0.536. The number of hydrogen-bond acceptors (Lipinski definition) is 2. The quantitative estimate of drug-likeness (QED) is 0.184. The van der Waals surface area contributed by atoms with Gasteiger partial charge in [0.1, 0.15) is 11.2 Å². The van der Waals surface area contributed by atoms with Gasteiger partial charge in [-0.05, 0) is 81.9 Å². The first kappa shape index (κ1) is 23.4. The monoisotopic (exact) mass is 609 g/mol. The van der Waals surface area contributed by atoms with E-state index in [1.807, 2.05) is 18.2 Å². The van der Waals surface area contributed by atoms with Gasteiger partial charge in [-0.3, -0.25) is 0 Å². The molecular weight excluding hydrogens is 590 g/mol. The van der Waals surface area contributed by atoms with Crippen molar-refractivity contribution in [3.8, 4) is 11.1 Å². The first-order valence-electron chi connectivity index (χ1n) is 13.7. The zero-order chi connectivity index (χ0) is 27.3. The van der Waals surface area contributed by atoms with Gasteiger partial charge in [-0.2, -0.15) is 0 Å². The van der Waals surface area contributed by atoms with Crippen molar-refractivity contribution in [2.45, 2.75) is 5.41 Å². The van der Waals surface area contributed by atoms with E-state index in [-0.39, 0.29) is 0 Å². The van der Waals surface area contributed by atoms with Gasteiger partial charge in [-0.25, -0.2) is 0 Å². The summed E-state index contributed by atoms with van der Waals surface area (Å²) in [5, 5.41) is 2.67. The van der Waals surface area contributed by atoms with Gasteiger partial charge in [0.2, 0.25) is 0 Å². The van der Waals surface area contributed by atoms with Crippen molar-refractivity contribution in [3.05, 3.63) is 159 Å². The van der Waals surface area contributed by atoms with E-state index in [4.69, 9.17) is 16.0 Å². The number of rotatable bonds is 1. The molecule has 6 aromatic carbocycles. The van der Waals surface area contributed by atoms with Crippen molar-refractivity contribution in [3.63, 3.8) is 0 Å². The Kier molecular flexibility index (Phi) is 4.77. The Morgan fingerprint density at radius 2 is 1.27 bits per heavy atom. The van der Waals surface area contributed by atoms with Gasteiger partial charge < -0.3 is 9.32 Å². The van der Waals surface area contributed by atoms with Crippen LogP contribution in [-0.4, -0.2) is 0 Å². The molecule has 2 nitrogen and oxygen atoms in total. The summed E-state index contributed by atoms with van der Waals surface area (Å²) in [4.78, 5) is 2.38. The van der Waals surface area contributed by atoms with Crippen molar-refractivity contribution in [2.24, 2.45) is 0 Å². The summed E-state index contributed by atoms with van der Waals surface area (Å²) < 4.78 is 7.51. The van der Waals surface area contributed by atoms with E-state index in [0.717, 1.165) is 43.5 Å². The molecule has 0 saturated carbocycles. The lowest BCUT2D eigenvalue weighted by Gasteiger charge is -2.45. The van der Waals surface area contributed by atoms with Crippen LogP contribution >= 0.6 is 27.5 Å². The van der Waals surface area contributed by atoms with Crippen LogP contribution in [0.5, 0.6) is 0 Å². The molecule has 9 rings (SSSR count). The molecule has 0 unspecified atom stereocenters. The van der Waals surface area contributed by atoms with Crippen molar-refractivity contribution < 1.29 is 4.42 Å². The largest absolute Gasteiger partial charge is 0.456 e. The summed E-state index contributed by atoms with van der Waals surface area (Å²) in [6.45, 7) is 0. The molecule has 2 aliphatic rings. The Balaban J connectivity index is 1.53. The summed E-state index contributed by atoms with van der Waals surface area (Å²) in [5.41, 5.74) is 12.0. The second-order valence-electron chi connectivity index (χ2n) is 10.8. The van der Waals surface area contributed by atoms with Gasteiger partial charge in [0.25, 0.3) is 0 Å². The number of anilines is 3. The van der Waals surface area contributed by atoms with Crippen LogP contribution in [0.3, 0.4) is 0 Å². The van der Waals surface area contributed by atoms with Crippen LogP contribution in [0, 0.1) is 0 Å². The fourth-order valence-corrected chi connectivity index (χ4v) is 7.88. The number of nitrogens with zero attached hydrogens (tertiary/aromatic N) is 1. The number of fused-ring (bicyclic) bond motifs is 12. The highest BCUT2D eigenvalue weighted by atomic mass is 79.9. The molecule has 0 fully saturated rings. The molecular formula is C37H21BrClNO. The fraction of sp³-hybridized carbons (Fsp3) is 0.0270. The molecule has 0 N–H and O–H groups in total. The summed E-state index contributed by atoms with van der Waals surface area (Å²) >= 11 is 10.7. The Bertz CT molecular complexity index is 2150. The highest BCUT2D eigenvalue weighted by molar-refractivity contribution is 9.10. The highest BCUT2D eigenvalue weighted by Gasteiger charge is 2.52. The van der Waals surface area contributed by atoms with E-state index in [1.165, 1.54) is 33.4 Å². The lowest BCUT2D eigenvalue weighted by Crippen LogP contribution is -2.36. The molecule has 1 aliphatic heterocycles. The predicted molar refractivity (Wildman–Crippen MR) is 172 cm³/mol. The van der Waals surface area contributed by atoms with E-state index < -0.39 is 5.41 Å². The Morgan fingerprint density at radius 1 is 0.585 bits per heavy atom. The third-order valence-corrected chi connectivity index (χ3v) is 9.59. The molecule has 0 saturated heterocycles. The number of hydrogen-bond donors (Lipinski definition) is 0. The zero-order valence-electron chi connectivity index (χ0n) is 21.7. The lowest BCUT2D eigenvalue weighted by atomic mass is 9.64. The molecule has 1 aromatic heterocycles. The third-order valence-electron chi connectivity index (χ3n) is 8.78. The average molecular weight is 611 g/mol. The highest BCUT2D eigenvalue weighted by Crippen LogP contribution is 2.64. The van der Waals surface area contributed by atoms with Crippen molar-refractivity contribution >= 4 is 66.5 Å². The summed E-state index contributed by atoms with van der Waals surface area (Å²) in [6.07, 6.45) is 0. The average Bonchev–Trinajstić information content (AvgIpc) is 3.52. The van der Waals surface area contributed by atoms with Crippen LogP contribution < -0.4 is 4.90 Å². The van der Waals surface area contributed by atoms with E-state index in [1.54, 1.807) is 0 Å². The molecule has 1 spiro atoms. The molecule has 4 heteroatoms. The zero-order valence-corrected chi connectivity index (χ0v) is 24.1. The van der Waals surface area contributed by atoms with Gasteiger partial charge in [-0.1, -0.05) is 100 Å². The van der Waals surface area contributed by atoms with Crippen molar-refractivity contribution in [1.29, 1.82) is 0 Å². The summed E-state index contributed by atoms with van der Waals surface area (Å²) in [7, 11) is 0. The van der Waals surface area contributed by atoms with Crippen LogP contribution in [0.25, 0.3) is 33.1 Å². The van der Waals surface area contributed by atoms with Crippen molar-refractivity contribution in [2.75, 3.05) is 4.90 Å². The molecule has 194 valence electrons. The summed E-state index contributed by atoms with van der Waals surface area (Å²) in [5.74, 6) is 0. The molecule has 0 amide bonds. The van der Waals surface area contributed by atoms with Crippen LogP contribution in [0.4, 0.5) is 17.1 Å². The molecule has 0 radical (unpaired) electrons. The third kappa shape index (κ3) is 2.97. The standard InChI is InChI=1S/C37H21BrClNO/c38-22-17-18-32-29(19-22)37(27-13-6-4-11-24(27)25-12-5-7-14-28(25)37)30-20-26-35(41-34-16-8-15-31(39)36(26)34)21-33(30)40(32)23-9-2-1-3-10-23/h1-21H. The van der Waals surface area contributed by atoms with Gasteiger partial charge in [0.05, 0.1) is 21.8 Å². The Morgan fingerprint density at radius 3 is 2.02 bits per heavy atom. The lowest BCUT2D eigenvalue weighted by molar-refractivity contribution is 0.667. The Labute approximate surface area is 250 Å². The van der Waals surface area contributed by atoms with Gasteiger partial charge in [-0.15, -0.1) is 0 Å². The van der Waals surface area contributed by atoms with Gasteiger partial charge in [0.15, 0.2) is 0 Å². The Hall–Kier alpha value is -4.31. The molecule has 2 heterocycles. The normalized spacial score (nSPS) is 14.2. The van der Waals surface area contributed by atoms with Crippen LogP contribution in [0.2, 0.25) is 5.02 Å². The first-order valence-corrected chi connectivity index (χ1v) is 14.8. The van der Waals surface area contributed by atoms with E-state index in [9.17, 15) is 0 Å². The van der Waals surface area contributed by atoms with Gasteiger partial charge in [0, 0.05) is 27.0 Å². The van der Waals surface area contributed by atoms with E-state index >= 15 is 0 Å². The smallest absolute Gasteiger partial charge is 0.137 e. The maximum absolute atomic E-state index is 6.82. The molecule has 41 heavy (non-hydrogen) atoms. The second kappa shape index (κ2) is 8.36. The fourth-order valence-electron chi connectivity index (χ4n) is 7.25. The maximum Gasteiger partial charge on any atom is 0.137 e. The SMILES string of the molecule is Clc1cccc2oc3cc4c(cc3c12)C1(c2ccccc2-c2ccccc21)c1cc(Br)ccc1N4c1ccccc1. The number of para-hydroxylation sites is 1. The maximum atomic E-state index is 6.82. The minimum absolute atomic E-state index is 0.536.